The fourth-order valence-electron chi connectivity index (χ4n) is 0.860. The number of hydrogen-bond acceptors (Lipinski definition) is 8. The zero-order valence-corrected chi connectivity index (χ0v) is 8.21. The highest BCUT2D eigenvalue weighted by Crippen LogP contribution is 2.08. The van der Waals surface area contributed by atoms with Crippen molar-refractivity contribution in [2.24, 2.45) is 0 Å². The Kier molecular flexibility index (Phi) is 4.01. The van der Waals surface area contributed by atoms with E-state index in [4.69, 9.17) is 20.7 Å². The number of nitrogens with zero attached hydrogens (tertiary/aromatic N) is 3. The third-order valence-electron chi connectivity index (χ3n) is 1.59. The van der Waals surface area contributed by atoms with Crippen molar-refractivity contribution in [3.8, 4) is 6.01 Å². The molecule has 0 aliphatic carbocycles. The van der Waals surface area contributed by atoms with Crippen LogP contribution >= 0.6 is 0 Å². The maximum absolute atomic E-state index is 8.83. The van der Waals surface area contributed by atoms with Crippen LogP contribution in [0.3, 0.4) is 0 Å². The van der Waals surface area contributed by atoms with Gasteiger partial charge in [0.2, 0.25) is 11.9 Å². The summed E-state index contributed by atoms with van der Waals surface area (Å²) in [7, 11) is 1.40. The molecule has 8 nitrogen and oxygen atoms in total. The van der Waals surface area contributed by atoms with Gasteiger partial charge in [-0.15, -0.1) is 0 Å². The van der Waals surface area contributed by atoms with E-state index in [9.17, 15) is 0 Å². The van der Waals surface area contributed by atoms with Crippen molar-refractivity contribution < 1.29 is 14.9 Å². The number of hydrogen-bond donors (Lipinski definition) is 4. The van der Waals surface area contributed by atoms with Crippen molar-refractivity contribution in [3.63, 3.8) is 0 Å². The molecule has 1 aromatic rings. The molecule has 15 heavy (non-hydrogen) atoms. The monoisotopic (exact) mass is 215 g/mol. The molecule has 1 rings (SSSR count). The highest BCUT2D eigenvalue weighted by Gasteiger charge is 2.09. The van der Waals surface area contributed by atoms with E-state index in [-0.39, 0.29) is 31.1 Å². The molecule has 1 heterocycles. The minimum absolute atomic E-state index is 0.000945. The number of nitrogens with two attached hydrogens (primary N) is 1. The fraction of sp³-hybridized carbons (Fsp3) is 0.571. The van der Waals surface area contributed by atoms with E-state index in [1.807, 2.05) is 0 Å². The molecular formula is C7H13N5O3. The van der Waals surface area contributed by atoms with Crippen LogP contribution in [-0.2, 0) is 0 Å². The summed E-state index contributed by atoms with van der Waals surface area (Å²) in [6.07, 6.45) is 0. The van der Waals surface area contributed by atoms with Crippen LogP contribution in [0, 0.1) is 0 Å². The van der Waals surface area contributed by atoms with E-state index >= 15 is 0 Å². The summed E-state index contributed by atoms with van der Waals surface area (Å²) >= 11 is 0. The second-order valence-corrected chi connectivity index (χ2v) is 2.71. The quantitative estimate of drug-likeness (QED) is 0.454. The second-order valence-electron chi connectivity index (χ2n) is 2.71. The number of nitrogen functional groups attached to an aromatic ring is 1. The zero-order chi connectivity index (χ0) is 11.3. The van der Waals surface area contributed by atoms with Crippen LogP contribution in [0.5, 0.6) is 6.01 Å². The van der Waals surface area contributed by atoms with Crippen LogP contribution in [0.1, 0.15) is 0 Å². The standard InChI is InChI=1S/C7H13N5O3/c1-15-7-11-5(8)10-6(12-7)9-4(2-13)3-14/h4,13-14H,2-3H2,1H3,(H3,8,9,10,11,12). The summed E-state index contributed by atoms with van der Waals surface area (Å²) in [5.74, 6) is 0.145. The summed E-state index contributed by atoms with van der Waals surface area (Å²) in [5.41, 5.74) is 5.39. The van der Waals surface area contributed by atoms with Crippen molar-refractivity contribution >= 4 is 11.9 Å². The Bertz CT molecular complexity index is 317. The van der Waals surface area contributed by atoms with Crippen LogP contribution in [0.2, 0.25) is 0 Å². The number of aliphatic hydroxyl groups excluding tert-OH is 2. The Morgan fingerprint density at radius 1 is 1.33 bits per heavy atom. The smallest absolute Gasteiger partial charge is 0.322 e. The lowest BCUT2D eigenvalue weighted by atomic mass is 10.3. The molecule has 0 bridgehead atoms. The van der Waals surface area contributed by atoms with E-state index in [1.165, 1.54) is 7.11 Å². The number of ether oxygens (including phenoxy) is 1. The third-order valence-corrected chi connectivity index (χ3v) is 1.59. The molecule has 0 aliphatic heterocycles. The molecule has 0 aromatic carbocycles. The predicted molar refractivity (Wildman–Crippen MR) is 52.4 cm³/mol. The molecule has 0 atom stereocenters. The van der Waals surface area contributed by atoms with Crippen LogP contribution in [0.25, 0.3) is 0 Å². The maximum Gasteiger partial charge on any atom is 0.322 e. The molecule has 0 aliphatic rings. The van der Waals surface area contributed by atoms with Gasteiger partial charge >= 0.3 is 6.01 Å². The fourth-order valence-corrected chi connectivity index (χ4v) is 0.860. The van der Waals surface area contributed by atoms with Gasteiger partial charge in [0.05, 0.1) is 26.4 Å². The van der Waals surface area contributed by atoms with Crippen molar-refractivity contribution in [1.29, 1.82) is 0 Å². The summed E-state index contributed by atoms with van der Waals surface area (Å²) < 4.78 is 4.78. The zero-order valence-electron chi connectivity index (χ0n) is 8.21. The highest BCUT2D eigenvalue weighted by molar-refractivity contribution is 5.33. The molecule has 0 saturated heterocycles. The third kappa shape index (κ3) is 3.18. The molecule has 1 aromatic heterocycles. The topological polar surface area (TPSA) is 126 Å². The maximum atomic E-state index is 8.83. The van der Waals surface area contributed by atoms with E-state index in [1.54, 1.807) is 0 Å². The molecule has 84 valence electrons. The molecule has 0 unspecified atom stereocenters. The first-order valence-corrected chi connectivity index (χ1v) is 4.23. The number of rotatable bonds is 5. The number of methoxy groups -OCH3 is 1. The molecule has 0 fully saturated rings. The van der Waals surface area contributed by atoms with Gasteiger partial charge in [-0.25, -0.2) is 0 Å². The van der Waals surface area contributed by atoms with Crippen molar-refractivity contribution in [2.45, 2.75) is 6.04 Å². The van der Waals surface area contributed by atoms with E-state index < -0.39 is 6.04 Å². The summed E-state index contributed by atoms with van der Waals surface area (Å²) in [4.78, 5) is 11.3. The number of anilines is 2. The van der Waals surface area contributed by atoms with E-state index in [0.717, 1.165) is 0 Å². The summed E-state index contributed by atoms with van der Waals surface area (Å²) in [6.45, 7) is -0.491. The predicted octanol–water partition coefficient (Wildman–Crippen LogP) is -1.77. The average molecular weight is 215 g/mol. The highest BCUT2D eigenvalue weighted by atomic mass is 16.5. The largest absolute Gasteiger partial charge is 0.467 e. The van der Waals surface area contributed by atoms with Gasteiger partial charge in [0, 0.05) is 0 Å². The Morgan fingerprint density at radius 3 is 2.53 bits per heavy atom. The first-order valence-electron chi connectivity index (χ1n) is 4.23. The lowest BCUT2D eigenvalue weighted by Gasteiger charge is -2.13. The average Bonchev–Trinajstić information content (AvgIpc) is 2.25. The molecule has 5 N–H and O–H groups in total. The number of nitrogens with one attached hydrogen (secondary N) is 1. The molecule has 0 saturated carbocycles. The van der Waals surface area contributed by atoms with Crippen molar-refractivity contribution in [1.82, 2.24) is 15.0 Å². The van der Waals surface area contributed by atoms with E-state index in [0.29, 0.717) is 0 Å². The number of aliphatic hydroxyl groups is 2. The summed E-state index contributed by atoms with van der Waals surface area (Å²) in [5, 5.41) is 20.3. The minimum Gasteiger partial charge on any atom is -0.467 e. The van der Waals surface area contributed by atoms with Gasteiger partial charge < -0.3 is 26.0 Å². The van der Waals surface area contributed by atoms with Gasteiger partial charge in [-0.05, 0) is 0 Å². The molecule has 0 spiro atoms. The lowest BCUT2D eigenvalue weighted by molar-refractivity contribution is 0.203. The Labute approximate surface area is 86.1 Å². The first-order chi connectivity index (χ1) is 7.19. The van der Waals surface area contributed by atoms with Gasteiger partial charge in [0.25, 0.3) is 0 Å². The number of aromatic nitrogens is 3. The van der Waals surface area contributed by atoms with Crippen LogP contribution in [-0.4, -0.2) is 51.5 Å². The minimum atomic E-state index is -0.545. The Morgan fingerprint density at radius 2 is 2.00 bits per heavy atom. The Balaban J connectivity index is 2.79. The lowest BCUT2D eigenvalue weighted by Crippen LogP contribution is -2.29. The second kappa shape index (κ2) is 5.27. The van der Waals surface area contributed by atoms with Gasteiger partial charge in [0.15, 0.2) is 0 Å². The van der Waals surface area contributed by atoms with Crippen LogP contribution in [0.4, 0.5) is 11.9 Å². The van der Waals surface area contributed by atoms with Crippen molar-refractivity contribution in [3.05, 3.63) is 0 Å². The SMILES string of the molecule is COc1nc(N)nc(NC(CO)CO)n1. The molecule has 0 amide bonds. The molecule has 8 heteroatoms. The summed E-state index contributed by atoms with van der Waals surface area (Å²) in [6, 6.07) is -0.476. The van der Waals surface area contributed by atoms with Gasteiger partial charge in [-0.3, -0.25) is 0 Å². The van der Waals surface area contributed by atoms with Crippen molar-refractivity contribution in [2.75, 3.05) is 31.4 Å². The normalized spacial score (nSPS) is 10.4. The van der Waals surface area contributed by atoms with Crippen LogP contribution in [0.15, 0.2) is 0 Å². The van der Waals surface area contributed by atoms with Crippen LogP contribution < -0.4 is 15.8 Å². The van der Waals surface area contributed by atoms with E-state index in [2.05, 4.69) is 20.3 Å². The van der Waals surface area contributed by atoms with Gasteiger partial charge in [-0.1, -0.05) is 0 Å². The first kappa shape index (κ1) is 11.4. The Hall–Kier alpha value is -1.67. The molecular weight excluding hydrogens is 202 g/mol. The molecule has 0 radical (unpaired) electrons. The van der Waals surface area contributed by atoms with Gasteiger partial charge in [0.1, 0.15) is 0 Å². The van der Waals surface area contributed by atoms with Gasteiger partial charge in [-0.2, -0.15) is 15.0 Å².